The minimum Gasteiger partial charge on any atom is -0.383 e. The molecule has 0 aliphatic carbocycles. The molecule has 1 aliphatic rings. The molecule has 7 heteroatoms. The van der Waals surface area contributed by atoms with Crippen molar-refractivity contribution in [3.05, 3.63) is 69.3 Å². The van der Waals surface area contributed by atoms with Crippen molar-refractivity contribution in [3.63, 3.8) is 0 Å². The summed E-state index contributed by atoms with van der Waals surface area (Å²) in [7, 11) is 1.58. The van der Waals surface area contributed by atoms with E-state index in [1.165, 1.54) is 6.07 Å². The highest BCUT2D eigenvalue weighted by Gasteiger charge is 2.35. The average Bonchev–Trinajstić information content (AvgIpc) is 2.80. The number of nitro groups is 1. The number of imide groups is 1. The van der Waals surface area contributed by atoms with Gasteiger partial charge in [0, 0.05) is 13.1 Å². The molecule has 1 aliphatic heterocycles. The van der Waals surface area contributed by atoms with Gasteiger partial charge in [-0.3, -0.25) is 24.6 Å². The number of hydrogen-bond donors (Lipinski definition) is 1. The van der Waals surface area contributed by atoms with Gasteiger partial charge in [-0.15, -0.1) is 0 Å². The average molecular weight is 311 g/mol. The molecule has 1 N–H and O–H groups in total. The van der Waals surface area contributed by atoms with E-state index in [1.807, 2.05) is 0 Å². The molecule has 2 aromatic carbocycles. The van der Waals surface area contributed by atoms with Gasteiger partial charge in [-0.05, 0) is 23.8 Å². The first-order valence-electron chi connectivity index (χ1n) is 6.93. The van der Waals surface area contributed by atoms with E-state index in [0.717, 1.165) is 4.90 Å². The number of fused-ring (bicyclic) bond motifs is 1. The van der Waals surface area contributed by atoms with Crippen LogP contribution in [0.25, 0.3) is 0 Å². The van der Waals surface area contributed by atoms with E-state index < -0.39 is 4.92 Å². The van der Waals surface area contributed by atoms with Crippen LogP contribution in [-0.2, 0) is 6.54 Å². The summed E-state index contributed by atoms with van der Waals surface area (Å²) >= 11 is 0. The minimum atomic E-state index is -0.488. The van der Waals surface area contributed by atoms with E-state index in [2.05, 4.69) is 5.32 Å². The molecule has 3 rings (SSSR count). The summed E-state index contributed by atoms with van der Waals surface area (Å²) < 4.78 is 0. The second-order valence-electron chi connectivity index (χ2n) is 5.10. The monoisotopic (exact) mass is 311 g/mol. The van der Waals surface area contributed by atoms with Gasteiger partial charge >= 0.3 is 0 Å². The number of rotatable bonds is 4. The molecule has 0 fully saturated rings. The summed E-state index contributed by atoms with van der Waals surface area (Å²) in [6, 6.07) is 11.1. The summed E-state index contributed by atoms with van der Waals surface area (Å²) in [6.07, 6.45) is 0. The summed E-state index contributed by atoms with van der Waals surface area (Å²) in [5.74, 6) is -0.704. The van der Waals surface area contributed by atoms with Crippen LogP contribution < -0.4 is 5.32 Å². The van der Waals surface area contributed by atoms with Crippen molar-refractivity contribution in [3.8, 4) is 0 Å². The third kappa shape index (κ3) is 2.42. The molecule has 7 nitrogen and oxygen atoms in total. The Morgan fingerprint density at radius 2 is 1.70 bits per heavy atom. The van der Waals surface area contributed by atoms with Gasteiger partial charge in [-0.1, -0.05) is 18.2 Å². The molecular weight excluding hydrogens is 298 g/mol. The molecular formula is C16H13N3O4. The fraction of sp³-hybridized carbons (Fsp3) is 0.125. The summed E-state index contributed by atoms with van der Waals surface area (Å²) in [4.78, 5) is 36.2. The van der Waals surface area contributed by atoms with E-state index in [-0.39, 0.29) is 24.0 Å². The number of carbonyl (C=O) groups is 2. The van der Waals surface area contributed by atoms with Crippen LogP contribution in [0, 0.1) is 10.1 Å². The number of anilines is 1. The molecule has 0 saturated heterocycles. The Labute approximate surface area is 131 Å². The molecule has 0 spiro atoms. The Bertz CT molecular complexity index is 797. The molecule has 116 valence electrons. The molecule has 2 aromatic rings. The molecule has 0 bridgehead atoms. The zero-order valence-electron chi connectivity index (χ0n) is 12.3. The fourth-order valence-electron chi connectivity index (χ4n) is 2.61. The third-order valence-corrected chi connectivity index (χ3v) is 3.75. The van der Waals surface area contributed by atoms with E-state index in [4.69, 9.17) is 0 Å². The van der Waals surface area contributed by atoms with Crippen molar-refractivity contribution >= 4 is 23.2 Å². The molecule has 0 saturated carbocycles. The highest BCUT2D eigenvalue weighted by molar-refractivity contribution is 6.21. The number of nitro benzene ring substituents is 1. The van der Waals surface area contributed by atoms with Crippen LogP contribution in [0.3, 0.4) is 0 Å². The molecule has 0 atom stereocenters. The topological polar surface area (TPSA) is 92.6 Å². The minimum absolute atomic E-state index is 0.0568. The highest BCUT2D eigenvalue weighted by Crippen LogP contribution is 2.28. The summed E-state index contributed by atoms with van der Waals surface area (Å²) in [6.45, 7) is 0.0685. The van der Waals surface area contributed by atoms with Crippen LogP contribution in [0.4, 0.5) is 11.4 Å². The Morgan fingerprint density at radius 3 is 2.22 bits per heavy atom. The van der Waals surface area contributed by atoms with Gasteiger partial charge in [-0.25, -0.2) is 0 Å². The highest BCUT2D eigenvalue weighted by atomic mass is 16.6. The van der Waals surface area contributed by atoms with E-state index >= 15 is 0 Å². The van der Waals surface area contributed by atoms with Crippen LogP contribution in [0.5, 0.6) is 0 Å². The molecule has 0 unspecified atom stereocenters. The van der Waals surface area contributed by atoms with Gasteiger partial charge in [0.1, 0.15) is 5.69 Å². The zero-order valence-corrected chi connectivity index (χ0v) is 12.3. The summed E-state index contributed by atoms with van der Waals surface area (Å²) in [5, 5.41) is 13.7. The lowest BCUT2D eigenvalue weighted by molar-refractivity contribution is -0.384. The maximum Gasteiger partial charge on any atom is 0.292 e. The number of nitrogens with one attached hydrogen (secondary N) is 1. The number of amides is 2. The predicted octanol–water partition coefficient (Wildman–Crippen LogP) is 2.43. The Balaban J connectivity index is 1.90. The summed E-state index contributed by atoms with van der Waals surface area (Å²) in [5.41, 5.74) is 1.68. The first-order chi connectivity index (χ1) is 11.0. The maximum atomic E-state index is 12.3. The SMILES string of the molecule is CNc1cc(CN2C(=O)c3ccccc3C2=O)ccc1[N+](=O)[O-]. The lowest BCUT2D eigenvalue weighted by atomic mass is 10.1. The Morgan fingerprint density at radius 1 is 1.09 bits per heavy atom. The Kier molecular flexibility index (Phi) is 3.53. The predicted molar refractivity (Wildman–Crippen MR) is 83.3 cm³/mol. The van der Waals surface area contributed by atoms with Gasteiger partial charge < -0.3 is 5.32 Å². The molecule has 23 heavy (non-hydrogen) atoms. The van der Waals surface area contributed by atoms with E-state index in [9.17, 15) is 19.7 Å². The van der Waals surface area contributed by atoms with E-state index in [0.29, 0.717) is 22.4 Å². The van der Waals surface area contributed by atoms with Crippen LogP contribution in [-0.4, -0.2) is 28.7 Å². The van der Waals surface area contributed by atoms with Crippen molar-refractivity contribution in [1.29, 1.82) is 0 Å². The van der Waals surface area contributed by atoms with Crippen molar-refractivity contribution in [2.75, 3.05) is 12.4 Å². The van der Waals surface area contributed by atoms with Crippen LogP contribution >= 0.6 is 0 Å². The number of nitrogens with zero attached hydrogens (tertiary/aromatic N) is 2. The molecule has 2 amide bonds. The Hall–Kier alpha value is -3.22. The van der Waals surface area contributed by atoms with Crippen molar-refractivity contribution in [2.45, 2.75) is 6.54 Å². The quantitative estimate of drug-likeness (QED) is 0.532. The van der Waals surface area contributed by atoms with Crippen molar-refractivity contribution in [2.24, 2.45) is 0 Å². The smallest absolute Gasteiger partial charge is 0.292 e. The van der Waals surface area contributed by atoms with E-state index in [1.54, 1.807) is 43.4 Å². The van der Waals surface area contributed by atoms with Gasteiger partial charge in [0.2, 0.25) is 0 Å². The van der Waals surface area contributed by atoms with Gasteiger partial charge in [-0.2, -0.15) is 0 Å². The number of benzene rings is 2. The van der Waals surface area contributed by atoms with Crippen LogP contribution in [0.1, 0.15) is 26.3 Å². The van der Waals surface area contributed by atoms with Crippen LogP contribution in [0.2, 0.25) is 0 Å². The first-order valence-corrected chi connectivity index (χ1v) is 6.93. The molecule has 1 heterocycles. The van der Waals surface area contributed by atoms with Crippen molar-refractivity contribution < 1.29 is 14.5 Å². The standard InChI is InChI=1S/C16H13N3O4/c1-17-13-8-10(6-7-14(13)19(22)23)9-18-15(20)11-4-2-3-5-12(11)16(18)21/h2-8,17H,9H2,1H3. The third-order valence-electron chi connectivity index (χ3n) is 3.75. The lowest BCUT2D eigenvalue weighted by Gasteiger charge is -2.14. The number of carbonyl (C=O) groups excluding carboxylic acids is 2. The van der Waals surface area contributed by atoms with Gasteiger partial charge in [0.05, 0.1) is 22.6 Å². The second-order valence-corrected chi connectivity index (χ2v) is 5.10. The fourth-order valence-corrected chi connectivity index (χ4v) is 2.61. The van der Waals surface area contributed by atoms with Gasteiger partial charge in [0.15, 0.2) is 0 Å². The van der Waals surface area contributed by atoms with Gasteiger partial charge in [0.25, 0.3) is 17.5 Å². The second kappa shape index (κ2) is 5.53. The largest absolute Gasteiger partial charge is 0.383 e. The normalized spacial score (nSPS) is 13.2. The zero-order chi connectivity index (χ0) is 16.6. The molecule has 0 radical (unpaired) electrons. The van der Waals surface area contributed by atoms with Crippen LogP contribution in [0.15, 0.2) is 42.5 Å². The molecule has 0 aromatic heterocycles. The van der Waals surface area contributed by atoms with Crippen molar-refractivity contribution in [1.82, 2.24) is 4.90 Å². The number of hydrogen-bond acceptors (Lipinski definition) is 5. The lowest BCUT2D eigenvalue weighted by Crippen LogP contribution is -2.29. The first kappa shape index (κ1) is 14.7. The maximum absolute atomic E-state index is 12.3.